The van der Waals surface area contributed by atoms with Gasteiger partial charge < -0.3 is 5.11 Å². The molecule has 0 aliphatic carbocycles. The summed E-state index contributed by atoms with van der Waals surface area (Å²) < 4.78 is 26.7. The molecule has 1 atom stereocenters. The molecule has 1 aromatic heterocycles. The maximum atomic E-state index is 12.1. The maximum Gasteiger partial charge on any atom is 0.347 e. The molecule has 19 heavy (non-hydrogen) atoms. The van der Waals surface area contributed by atoms with Crippen LogP contribution in [0.25, 0.3) is 0 Å². The zero-order chi connectivity index (χ0) is 13.9. The normalized spacial score (nSPS) is 20.3. The van der Waals surface area contributed by atoms with Crippen molar-refractivity contribution in [1.29, 1.82) is 0 Å². The SMILES string of the molecule is O=C(O)c1sccc1S(=O)(=O)NCC1CCCCS1. The number of rotatable bonds is 5. The molecule has 106 valence electrons. The molecule has 0 amide bonds. The summed E-state index contributed by atoms with van der Waals surface area (Å²) in [5, 5.41) is 10.7. The van der Waals surface area contributed by atoms with E-state index in [2.05, 4.69) is 4.72 Å². The molecule has 0 aromatic carbocycles. The molecule has 1 saturated heterocycles. The Labute approximate surface area is 120 Å². The summed E-state index contributed by atoms with van der Waals surface area (Å²) in [6.45, 7) is 0.363. The van der Waals surface area contributed by atoms with E-state index in [0.29, 0.717) is 6.54 Å². The van der Waals surface area contributed by atoms with Gasteiger partial charge in [0.25, 0.3) is 0 Å². The molecule has 1 aromatic rings. The Bertz CT molecular complexity index is 546. The Hall–Kier alpha value is -0.570. The number of carboxylic acids is 1. The summed E-state index contributed by atoms with van der Waals surface area (Å²) in [7, 11) is -3.73. The number of thiophene rings is 1. The second-order valence-electron chi connectivity index (χ2n) is 4.26. The summed E-state index contributed by atoms with van der Waals surface area (Å²) in [6.07, 6.45) is 3.31. The van der Waals surface area contributed by atoms with Gasteiger partial charge in [-0.05, 0) is 30.0 Å². The van der Waals surface area contributed by atoms with Gasteiger partial charge in [0.05, 0.1) is 0 Å². The van der Waals surface area contributed by atoms with Crippen molar-refractivity contribution >= 4 is 39.1 Å². The van der Waals surface area contributed by atoms with Gasteiger partial charge >= 0.3 is 5.97 Å². The van der Waals surface area contributed by atoms with Crippen LogP contribution in [0.3, 0.4) is 0 Å². The molecule has 0 saturated carbocycles. The molecule has 2 rings (SSSR count). The quantitative estimate of drug-likeness (QED) is 0.867. The lowest BCUT2D eigenvalue weighted by Crippen LogP contribution is -2.32. The van der Waals surface area contributed by atoms with Crippen LogP contribution >= 0.6 is 23.1 Å². The fraction of sp³-hybridized carbons (Fsp3) is 0.545. The fourth-order valence-corrected chi connectivity index (χ4v) is 5.60. The van der Waals surface area contributed by atoms with Gasteiger partial charge in [0, 0.05) is 11.8 Å². The van der Waals surface area contributed by atoms with Gasteiger partial charge in [-0.15, -0.1) is 11.3 Å². The molecule has 0 bridgehead atoms. The Morgan fingerprint density at radius 1 is 1.47 bits per heavy atom. The van der Waals surface area contributed by atoms with Crippen molar-refractivity contribution in [3.05, 3.63) is 16.3 Å². The first kappa shape index (κ1) is 14.8. The van der Waals surface area contributed by atoms with E-state index in [1.54, 1.807) is 11.8 Å². The molecule has 1 aliphatic heterocycles. The van der Waals surface area contributed by atoms with Crippen molar-refractivity contribution in [3.63, 3.8) is 0 Å². The number of aromatic carboxylic acids is 1. The van der Waals surface area contributed by atoms with Crippen molar-refractivity contribution in [3.8, 4) is 0 Å². The van der Waals surface area contributed by atoms with Crippen LogP contribution in [0.4, 0.5) is 0 Å². The molecule has 0 radical (unpaired) electrons. The van der Waals surface area contributed by atoms with Crippen LogP contribution in [-0.4, -0.2) is 37.0 Å². The van der Waals surface area contributed by atoms with Gasteiger partial charge in [-0.25, -0.2) is 17.9 Å². The van der Waals surface area contributed by atoms with Crippen LogP contribution in [0, 0.1) is 0 Å². The highest BCUT2D eigenvalue weighted by molar-refractivity contribution is 8.00. The smallest absolute Gasteiger partial charge is 0.347 e. The molecule has 5 nitrogen and oxygen atoms in total. The summed E-state index contributed by atoms with van der Waals surface area (Å²) in [4.78, 5) is 10.7. The van der Waals surface area contributed by atoms with Gasteiger partial charge in [-0.1, -0.05) is 6.42 Å². The Kier molecular flexibility index (Phi) is 4.88. The second kappa shape index (κ2) is 6.25. The van der Waals surface area contributed by atoms with Crippen molar-refractivity contribution in [1.82, 2.24) is 4.72 Å². The highest BCUT2D eigenvalue weighted by Crippen LogP contribution is 2.26. The first-order valence-electron chi connectivity index (χ1n) is 5.93. The van der Waals surface area contributed by atoms with Gasteiger partial charge in [-0.2, -0.15) is 11.8 Å². The molecule has 0 spiro atoms. The highest BCUT2D eigenvalue weighted by Gasteiger charge is 2.25. The van der Waals surface area contributed by atoms with Crippen LogP contribution in [0.2, 0.25) is 0 Å². The zero-order valence-corrected chi connectivity index (χ0v) is 12.6. The monoisotopic (exact) mass is 321 g/mol. The molecular formula is C11H15NO4S3. The lowest BCUT2D eigenvalue weighted by atomic mass is 10.2. The number of carboxylic acid groups (broad SMARTS) is 1. The number of sulfonamides is 1. The molecule has 8 heteroatoms. The molecule has 2 heterocycles. The van der Waals surface area contributed by atoms with Crippen molar-refractivity contribution in [2.75, 3.05) is 12.3 Å². The van der Waals surface area contributed by atoms with E-state index in [1.807, 2.05) is 0 Å². The minimum Gasteiger partial charge on any atom is -0.477 e. The van der Waals surface area contributed by atoms with E-state index in [9.17, 15) is 13.2 Å². The van der Waals surface area contributed by atoms with Crippen LogP contribution in [0.1, 0.15) is 28.9 Å². The maximum absolute atomic E-state index is 12.1. The summed E-state index contributed by atoms with van der Waals surface area (Å²) in [5.41, 5.74) is 0. The summed E-state index contributed by atoms with van der Waals surface area (Å²) in [6, 6.07) is 1.34. The van der Waals surface area contributed by atoms with Crippen LogP contribution in [0.5, 0.6) is 0 Å². The first-order chi connectivity index (χ1) is 9.00. The van der Waals surface area contributed by atoms with Crippen molar-refractivity contribution in [2.24, 2.45) is 0 Å². The van der Waals surface area contributed by atoms with Gasteiger partial charge in [0.1, 0.15) is 9.77 Å². The molecule has 1 unspecified atom stereocenters. The van der Waals surface area contributed by atoms with E-state index in [-0.39, 0.29) is 15.0 Å². The Morgan fingerprint density at radius 2 is 2.26 bits per heavy atom. The topological polar surface area (TPSA) is 83.5 Å². The molecular weight excluding hydrogens is 306 g/mol. The number of thioether (sulfide) groups is 1. The average Bonchev–Trinajstić information content (AvgIpc) is 2.88. The van der Waals surface area contributed by atoms with E-state index in [1.165, 1.54) is 17.9 Å². The Balaban J connectivity index is 2.05. The largest absolute Gasteiger partial charge is 0.477 e. The van der Waals surface area contributed by atoms with Crippen molar-refractivity contribution < 1.29 is 18.3 Å². The standard InChI is InChI=1S/C11H15NO4S3/c13-11(14)10-9(4-6-18-10)19(15,16)12-7-8-3-1-2-5-17-8/h4,6,8,12H,1-3,5,7H2,(H,13,14). The van der Waals surface area contributed by atoms with E-state index in [0.717, 1.165) is 29.9 Å². The average molecular weight is 321 g/mol. The Morgan fingerprint density at radius 3 is 2.89 bits per heavy atom. The number of hydrogen-bond donors (Lipinski definition) is 2. The van der Waals surface area contributed by atoms with Gasteiger partial charge in [-0.3, -0.25) is 0 Å². The summed E-state index contributed by atoms with van der Waals surface area (Å²) in [5.74, 6) is -0.145. The van der Waals surface area contributed by atoms with E-state index < -0.39 is 16.0 Å². The van der Waals surface area contributed by atoms with Crippen LogP contribution in [-0.2, 0) is 10.0 Å². The predicted molar refractivity (Wildman–Crippen MR) is 76.6 cm³/mol. The third kappa shape index (κ3) is 3.71. The first-order valence-corrected chi connectivity index (χ1v) is 9.34. The fourth-order valence-electron chi connectivity index (χ4n) is 1.91. The lowest BCUT2D eigenvalue weighted by Gasteiger charge is -2.21. The minimum atomic E-state index is -3.73. The highest BCUT2D eigenvalue weighted by atomic mass is 32.2. The van der Waals surface area contributed by atoms with E-state index >= 15 is 0 Å². The minimum absolute atomic E-state index is 0.134. The van der Waals surface area contributed by atoms with Crippen LogP contribution < -0.4 is 4.72 Å². The van der Waals surface area contributed by atoms with E-state index in [4.69, 9.17) is 5.11 Å². The molecule has 1 fully saturated rings. The number of nitrogens with one attached hydrogen (secondary N) is 1. The van der Waals surface area contributed by atoms with Gasteiger partial charge in [0.15, 0.2) is 0 Å². The number of carbonyl (C=O) groups is 1. The molecule has 2 N–H and O–H groups in total. The zero-order valence-electron chi connectivity index (χ0n) is 10.2. The third-order valence-electron chi connectivity index (χ3n) is 2.89. The lowest BCUT2D eigenvalue weighted by molar-refractivity contribution is 0.0698. The second-order valence-corrected chi connectivity index (χ2v) is 8.32. The molecule has 1 aliphatic rings. The summed E-state index contributed by atoms with van der Waals surface area (Å²) >= 11 is 2.69. The van der Waals surface area contributed by atoms with Crippen LogP contribution in [0.15, 0.2) is 16.3 Å². The number of hydrogen-bond acceptors (Lipinski definition) is 5. The predicted octanol–water partition coefficient (Wildman–Crippen LogP) is 2.01. The third-order valence-corrected chi connectivity index (χ3v) is 6.78. The van der Waals surface area contributed by atoms with Crippen molar-refractivity contribution in [2.45, 2.75) is 29.4 Å². The van der Waals surface area contributed by atoms with Gasteiger partial charge in [0.2, 0.25) is 10.0 Å².